The molecule has 0 spiro atoms. The van der Waals surface area contributed by atoms with E-state index < -0.39 is 4.92 Å². The van der Waals surface area contributed by atoms with Crippen LogP contribution in [0.5, 0.6) is 0 Å². The van der Waals surface area contributed by atoms with Gasteiger partial charge in [0.05, 0.1) is 19.9 Å². The molecule has 2 aromatic rings. The highest BCUT2D eigenvalue weighted by molar-refractivity contribution is 14.1. The van der Waals surface area contributed by atoms with Gasteiger partial charge in [-0.3, -0.25) is 14.9 Å². The molecule has 1 amide bonds. The van der Waals surface area contributed by atoms with Gasteiger partial charge in [-0.05, 0) is 46.9 Å². The summed E-state index contributed by atoms with van der Waals surface area (Å²) in [5.41, 5.74) is 2.44. The summed E-state index contributed by atoms with van der Waals surface area (Å²) in [7, 11) is 0. The van der Waals surface area contributed by atoms with Crippen LogP contribution >= 0.6 is 22.6 Å². The molecule has 0 bridgehead atoms. The second-order valence-electron chi connectivity index (χ2n) is 4.54. The average molecular weight is 395 g/mol. The number of hydrogen-bond donors (Lipinski definition) is 1. The number of nitrogens with one attached hydrogen (secondary N) is 1. The summed E-state index contributed by atoms with van der Waals surface area (Å²) in [5.74, 6) is -0.109. The molecule has 0 aliphatic carbocycles. The van der Waals surface area contributed by atoms with E-state index in [1.54, 1.807) is 12.1 Å². The largest absolute Gasteiger partial charge is 0.330 e. The number of carbonyl (C=O) groups excluding carboxylic acids is 1. The maximum Gasteiger partial charge on any atom is 0.282 e. The van der Waals surface area contributed by atoms with E-state index in [2.05, 4.69) is 5.32 Å². The van der Waals surface area contributed by atoms with Crippen LogP contribution in [0.25, 0.3) is 0 Å². The van der Waals surface area contributed by atoms with Crippen LogP contribution in [0.1, 0.15) is 0 Å². The normalized spacial score (nSPS) is 13.6. The smallest absolute Gasteiger partial charge is 0.282 e. The number of fused-ring (bicyclic) bond motifs is 1. The van der Waals surface area contributed by atoms with E-state index in [1.807, 2.05) is 51.8 Å². The molecule has 0 fully saturated rings. The van der Waals surface area contributed by atoms with Crippen LogP contribution in [0, 0.1) is 13.7 Å². The minimum absolute atomic E-state index is 0.0640. The van der Waals surface area contributed by atoms with Gasteiger partial charge in [0.1, 0.15) is 6.54 Å². The molecule has 0 aromatic heterocycles. The standard InChI is InChI=1S/C14H10IN3O3/c15-10-7-9(5-6-12(10)18(20)21)17-8-14(19)16-11-3-1-2-4-13(11)17/h1-7H,8H2,(H,16,19). The molecule has 1 heterocycles. The number of halogens is 1. The molecule has 0 radical (unpaired) electrons. The van der Waals surface area contributed by atoms with Gasteiger partial charge in [0.2, 0.25) is 5.91 Å². The van der Waals surface area contributed by atoms with Gasteiger partial charge in [0, 0.05) is 11.8 Å². The summed E-state index contributed by atoms with van der Waals surface area (Å²) >= 11 is 1.93. The molecule has 1 aliphatic heterocycles. The Labute approximate surface area is 134 Å². The van der Waals surface area contributed by atoms with E-state index in [-0.39, 0.29) is 18.1 Å². The van der Waals surface area contributed by atoms with Gasteiger partial charge < -0.3 is 10.2 Å². The molecule has 2 aromatic carbocycles. The summed E-state index contributed by atoms with van der Waals surface area (Å²) in [6, 6.07) is 12.3. The third-order valence-corrected chi connectivity index (χ3v) is 4.07. The Morgan fingerprint density at radius 3 is 2.71 bits per heavy atom. The van der Waals surface area contributed by atoms with Gasteiger partial charge >= 0.3 is 0 Å². The van der Waals surface area contributed by atoms with Crippen LogP contribution in [0.4, 0.5) is 22.7 Å². The predicted molar refractivity (Wildman–Crippen MR) is 87.9 cm³/mol. The SMILES string of the molecule is O=C1CN(c2ccc([N+](=O)[O-])c(I)c2)c2ccccc2N1. The van der Waals surface area contributed by atoms with Crippen molar-refractivity contribution < 1.29 is 9.72 Å². The van der Waals surface area contributed by atoms with Gasteiger partial charge in [-0.2, -0.15) is 0 Å². The van der Waals surface area contributed by atoms with E-state index in [4.69, 9.17) is 0 Å². The van der Waals surface area contributed by atoms with Crippen molar-refractivity contribution in [3.63, 3.8) is 0 Å². The van der Waals surface area contributed by atoms with Crippen molar-refractivity contribution >= 4 is 51.2 Å². The van der Waals surface area contributed by atoms with Crippen LogP contribution in [-0.2, 0) is 4.79 Å². The summed E-state index contributed by atoms with van der Waals surface area (Å²) < 4.78 is 0.540. The molecular formula is C14H10IN3O3. The molecule has 0 saturated carbocycles. The topological polar surface area (TPSA) is 75.5 Å². The summed E-state index contributed by atoms with van der Waals surface area (Å²) in [5, 5.41) is 13.7. The molecule has 3 rings (SSSR count). The van der Waals surface area contributed by atoms with Gasteiger partial charge in [-0.25, -0.2) is 0 Å². The van der Waals surface area contributed by atoms with Gasteiger partial charge in [-0.1, -0.05) is 12.1 Å². The first-order chi connectivity index (χ1) is 10.1. The zero-order chi connectivity index (χ0) is 15.0. The Morgan fingerprint density at radius 1 is 1.24 bits per heavy atom. The maximum atomic E-state index is 11.8. The zero-order valence-electron chi connectivity index (χ0n) is 10.7. The third kappa shape index (κ3) is 2.56. The lowest BCUT2D eigenvalue weighted by molar-refractivity contribution is -0.385. The first-order valence-electron chi connectivity index (χ1n) is 6.16. The Hall–Kier alpha value is -2.16. The zero-order valence-corrected chi connectivity index (χ0v) is 12.9. The highest BCUT2D eigenvalue weighted by Crippen LogP contribution is 2.36. The molecule has 1 aliphatic rings. The fourth-order valence-electron chi connectivity index (χ4n) is 2.28. The van der Waals surface area contributed by atoms with Crippen molar-refractivity contribution in [3.8, 4) is 0 Å². The molecule has 7 heteroatoms. The van der Waals surface area contributed by atoms with E-state index in [9.17, 15) is 14.9 Å². The minimum atomic E-state index is -0.414. The Bertz CT molecular complexity index is 748. The summed E-state index contributed by atoms with van der Waals surface area (Å²) in [6.07, 6.45) is 0. The number of anilines is 3. The molecule has 0 saturated heterocycles. The van der Waals surface area contributed by atoms with Crippen LogP contribution in [-0.4, -0.2) is 17.4 Å². The number of hydrogen-bond acceptors (Lipinski definition) is 4. The van der Waals surface area contributed by atoms with Crippen molar-refractivity contribution in [3.05, 3.63) is 56.1 Å². The third-order valence-electron chi connectivity index (χ3n) is 3.21. The lowest BCUT2D eigenvalue weighted by Crippen LogP contribution is -2.35. The number of para-hydroxylation sites is 2. The fraction of sp³-hybridized carbons (Fsp3) is 0.0714. The predicted octanol–water partition coefficient (Wildman–Crippen LogP) is 3.29. The number of nitro benzene ring substituents is 1. The van der Waals surface area contributed by atoms with Gasteiger partial charge in [0.25, 0.3) is 5.69 Å². The van der Waals surface area contributed by atoms with Gasteiger partial charge in [0.15, 0.2) is 0 Å². The molecule has 1 N–H and O–H groups in total. The molecule has 106 valence electrons. The fourth-order valence-corrected chi connectivity index (χ4v) is 2.97. The van der Waals surface area contributed by atoms with Crippen LogP contribution in [0.3, 0.4) is 0 Å². The maximum absolute atomic E-state index is 11.8. The number of carbonyl (C=O) groups is 1. The second-order valence-corrected chi connectivity index (χ2v) is 5.71. The van der Waals surface area contributed by atoms with Crippen molar-refractivity contribution in [1.29, 1.82) is 0 Å². The lowest BCUT2D eigenvalue weighted by atomic mass is 10.1. The van der Waals surface area contributed by atoms with E-state index >= 15 is 0 Å². The van der Waals surface area contributed by atoms with Crippen LogP contribution in [0.2, 0.25) is 0 Å². The molecule has 6 nitrogen and oxygen atoms in total. The number of rotatable bonds is 2. The summed E-state index contributed by atoms with van der Waals surface area (Å²) in [4.78, 5) is 24.1. The second kappa shape index (κ2) is 5.32. The first-order valence-corrected chi connectivity index (χ1v) is 7.24. The van der Waals surface area contributed by atoms with Crippen LogP contribution < -0.4 is 10.2 Å². The molecule has 21 heavy (non-hydrogen) atoms. The van der Waals surface area contributed by atoms with Crippen molar-refractivity contribution in [2.24, 2.45) is 0 Å². The van der Waals surface area contributed by atoms with E-state index in [0.717, 1.165) is 17.1 Å². The summed E-state index contributed by atoms with van der Waals surface area (Å²) in [6.45, 7) is 0.185. The Balaban J connectivity index is 2.07. The first kappa shape index (κ1) is 13.8. The molecule has 0 unspecified atom stereocenters. The number of nitrogens with zero attached hydrogens (tertiary/aromatic N) is 2. The number of amides is 1. The number of benzene rings is 2. The van der Waals surface area contributed by atoms with Crippen molar-refractivity contribution in [2.45, 2.75) is 0 Å². The number of nitro groups is 1. The van der Waals surface area contributed by atoms with E-state index in [1.165, 1.54) is 6.07 Å². The van der Waals surface area contributed by atoms with E-state index in [0.29, 0.717) is 3.57 Å². The molecular weight excluding hydrogens is 385 g/mol. The Kier molecular flexibility index (Phi) is 3.50. The minimum Gasteiger partial charge on any atom is -0.330 e. The highest BCUT2D eigenvalue weighted by atomic mass is 127. The van der Waals surface area contributed by atoms with Gasteiger partial charge in [-0.15, -0.1) is 0 Å². The van der Waals surface area contributed by atoms with Crippen LogP contribution in [0.15, 0.2) is 42.5 Å². The quantitative estimate of drug-likeness (QED) is 0.481. The average Bonchev–Trinajstić information content (AvgIpc) is 2.45. The highest BCUT2D eigenvalue weighted by Gasteiger charge is 2.24. The molecule has 0 atom stereocenters. The van der Waals surface area contributed by atoms with Crippen molar-refractivity contribution in [1.82, 2.24) is 0 Å². The van der Waals surface area contributed by atoms with Crippen molar-refractivity contribution in [2.75, 3.05) is 16.8 Å². The lowest BCUT2D eigenvalue weighted by Gasteiger charge is -2.30. The Morgan fingerprint density at radius 2 is 2.00 bits per heavy atom. The monoisotopic (exact) mass is 395 g/mol.